The maximum Gasteiger partial charge on any atom is 0.175 e. The Kier molecular flexibility index (Phi) is 6.69. The lowest BCUT2D eigenvalue weighted by Gasteiger charge is -2.13. The van der Waals surface area contributed by atoms with Crippen LogP contribution >= 0.6 is 27.7 Å². The van der Waals surface area contributed by atoms with Crippen LogP contribution in [0.4, 0.5) is 0 Å². The lowest BCUT2D eigenvalue weighted by atomic mass is 10.0. The Labute approximate surface area is 157 Å². The van der Waals surface area contributed by atoms with Gasteiger partial charge >= 0.3 is 0 Å². The van der Waals surface area contributed by atoms with Gasteiger partial charge in [-0.3, -0.25) is 4.79 Å². The van der Waals surface area contributed by atoms with Gasteiger partial charge in [-0.1, -0.05) is 45.8 Å². The first-order chi connectivity index (χ1) is 11.4. The van der Waals surface area contributed by atoms with Gasteiger partial charge in [0.15, 0.2) is 5.78 Å². The molecule has 126 valence electrons. The second-order valence-corrected chi connectivity index (χ2v) is 7.93. The molecule has 0 atom stereocenters. The molecule has 2 aromatic rings. The highest BCUT2D eigenvalue weighted by Gasteiger charge is 2.14. The molecule has 2 nitrogen and oxygen atoms in total. The molecule has 0 aliphatic rings. The maximum atomic E-state index is 12.8. The molecule has 0 aliphatic heterocycles. The smallest absolute Gasteiger partial charge is 0.175 e. The average Bonchev–Trinajstić information content (AvgIpc) is 2.51. The Morgan fingerprint density at radius 2 is 1.92 bits per heavy atom. The highest BCUT2D eigenvalue weighted by molar-refractivity contribution is 9.10. The number of hydrogen-bond acceptors (Lipinski definition) is 3. The van der Waals surface area contributed by atoms with Gasteiger partial charge in [-0.15, -0.1) is 11.8 Å². The summed E-state index contributed by atoms with van der Waals surface area (Å²) in [5, 5.41) is 0. The van der Waals surface area contributed by atoms with Gasteiger partial charge in [0.2, 0.25) is 0 Å². The van der Waals surface area contributed by atoms with Crippen molar-refractivity contribution in [2.45, 2.75) is 18.7 Å². The van der Waals surface area contributed by atoms with Crippen molar-refractivity contribution in [1.29, 1.82) is 0 Å². The summed E-state index contributed by atoms with van der Waals surface area (Å²) < 4.78 is 0.972. The number of Topliss-reactive ketones (excluding diaryl/α,β-unsaturated/α-hetero) is 1. The molecule has 2 aromatic carbocycles. The Hall–Kier alpha value is -1.52. The van der Waals surface area contributed by atoms with E-state index >= 15 is 0 Å². The van der Waals surface area contributed by atoms with Crippen LogP contribution in [0.25, 0.3) is 5.57 Å². The van der Waals surface area contributed by atoms with Crippen LogP contribution in [0.3, 0.4) is 0 Å². The molecule has 0 radical (unpaired) electrons. The van der Waals surface area contributed by atoms with E-state index in [1.165, 1.54) is 11.1 Å². The maximum absolute atomic E-state index is 12.8. The second-order valence-electron chi connectivity index (χ2n) is 6.00. The molecule has 0 amide bonds. The molecule has 0 fully saturated rings. The molecule has 0 aromatic heterocycles. The average molecular weight is 404 g/mol. The third kappa shape index (κ3) is 5.25. The number of allylic oxidation sites excluding steroid dienone is 1. The van der Waals surface area contributed by atoms with E-state index in [2.05, 4.69) is 48.0 Å². The Bertz CT molecular complexity index is 768. The minimum atomic E-state index is 0.131. The van der Waals surface area contributed by atoms with E-state index < -0.39 is 0 Å². The second kappa shape index (κ2) is 8.54. The Morgan fingerprint density at radius 3 is 2.54 bits per heavy atom. The summed E-state index contributed by atoms with van der Waals surface area (Å²) in [6, 6.07) is 14.2. The van der Waals surface area contributed by atoms with E-state index in [9.17, 15) is 4.79 Å². The molecular formula is C20H22BrNOS. The van der Waals surface area contributed by atoms with E-state index in [1.54, 1.807) is 11.8 Å². The standard InChI is InChI=1S/C20H22BrNOS/c1-14-8-9-20(15(2)10-14)24-13-19(23)18(12-22(3)4)16-6-5-7-17(21)11-16/h5-12H,13H2,1-4H3/b18-12-. The number of carbonyl (C=O) groups excluding carboxylic acids is 1. The van der Waals surface area contributed by atoms with Gasteiger partial charge in [0.1, 0.15) is 0 Å². The molecule has 4 heteroatoms. The van der Waals surface area contributed by atoms with Crippen LogP contribution in [0.15, 0.2) is 58.0 Å². The molecule has 0 saturated carbocycles. The molecule has 0 spiro atoms. The molecule has 0 heterocycles. The third-order valence-electron chi connectivity index (χ3n) is 3.51. The summed E-state index contributed by atoms with van der Waals surface area (Å²) in [4.78, 5) is 15.9. The molecule has 0 bridgehead atoms. The summed E-state index contributed by atoms with van der Waals surface area (Å²) in [5.74, 6) is 0.558. The number of rotatable bonds is 6. The van der Waals surface area contributed by atoms with E-state index in [4.69, 9.17) is 0 Å². The zero-order valence-electron chi connectivity index (χ0n) is 14.5. The normalized spacial score (nSPS) is 11.5. The van der Waals surface area contributed by atoms with Crippen molar-refractivity contribution in [3.63, 3.8) is 0 Å². The van der Waals surface area contributed by atoms with Crippen molar-refractivity contribution in [1.82, 2.24) is 4.90 Å². The van der Waals surface area contributed by atoms with Crippen molar-refractivity contribution < 1.29 is 4.79 Å². The highest BCUT2D eigenvalue weighted by atomic mass is 79.9. The Morgan fingerprint density at radius 1 is 1.17 bits per heavy atom. The fraction of sp³-hybridized carbons (Fsp3) is 0.250. The SMILES string of the molecule is Cc1ccc(SCC(=O)/C(=C\N(C)C)c2cccc(Br)c2)c(C)c1. The number of carbonyl (C=O) groups is 1. The molecule has 2 rings (SSSR count). The van der Waals surface area contributed by atoms with Crippen molar-refractivity contribution in [2.75, 3.05) is 19.8 Å². The summed E-state index contributed by atoms with van der Waals surface area (Å²) >= 11 is 5.08. The van der Waals surface area contributed by atoms with E-state index in [-0.39, 0.29) is 5.78 Å². The van der Waals surface area contributed by atoms with Crippen LogP contribution in [-0.4, -0.2) is 30.5 Å². The number of halogens is 1. The fourth-order valence-electron chi connectivity index (χ4n) is 2.40. The lowest BCUT2D eigenvalue weighted by Crippen LogP contribution is -2.10. The number of nitrogens with zero attached hydrogens (tertiary/aromatic N) is 1. The number of thioether (sulfide) groups is 1. The van der Waals surface area contributed by atoms with Crippen LogP contribution < -0.4 is 0 Å². The predicted octanol–water partition coefficient (Wildman–Crippen LogP) is 5.33. The van der Waals surface area contributed by atoms with Crippen LogP contribution in [0.2, 0.25) is 0 Å². The summed E-state index contributed by atoms with van der Waals surface area (Å²) in [7, 11) is 3.87. The first-order valence-electron chi connectivity index (χ1n) is 7.74. The molecule has 24 heavy (non-hydrogen) atoms. The first-order valence-corrected chi connectivity index (χ1v) is 9.52. The van der Waals surface area contributed by atoms with Crippen LogP contribution in [0, 0.1) is 13.8 Å². The summed E-state index contributed by atoms with van der Waals surface area (Å²) in [6.45, 7) is 4.17. The largest absolute Gasteiger partial charge is 0.383 e. The van der Waals surface area contributed by atoms with E-state index in [1.807, 2.05) is 49.5 Å². The molecule has 0 aliphatic carbocycles. The summed E-state index contributed by atoms with van der Waals surface area (Å²) in [5.41, 5.74) is 4.13. The first kappa shape index (κ1) is 18.8. The van der Waals surface area contributed by atoms with Gasteiger partial charge in [-0.05, 0) is 43.2 Å². The topological polar surface area (TPSA) is 20.3 Å². The van der Waals surface area contributed by atoms with Gasteiger partial charge in [0.05, 0.1) is 5.75 Å². The van der Waals surface area contributed by atoms with Crippen LogP contribution in [-0.2, 0) is 4.79 Å². The summed E-state index contributed by atoms with van der Waals surface area (Å²) in [6.07, 6.45) is 1.90. The predicted molar refractivity (Wildman–Crippen MR) is 107 cm³/mol. The lowest BCUT2D eigenvalue weighted by molar-refractivity contribution is -0.111. The monoisotopic (exact) mass is 403 g/mol. The fourth-order valence-corrected chi connectivity index (χ4v) is 3.70. The van der Waals surface area contributed by atoms with Gasteiger partial charge < -0.3 is 4.90 Å². The molecule has 0 unspecified atom stereocenters. The number of benzene rings is 2. The zero-order chi connectivity index (χ0) is 17.7. The van der Waals surface area contributed by atoms with Gasteiger partial charge in [-0.2, -0.15) is 0 Å². The number of hydrogen-bond donors (Lipinski definition) is 0. The molecular weight excluding hydrogens is 382 g/mol. The molecule has 0 N–H and O–H groups in total. The Balaban J connectivity index is 2.20. The quantitative estimate of drug-likeness (QED) is 0.480. The minimum absolute atomic E-state index is 0.131. The van der Waals surface area contributed by atoms with Crippen LogP contribution in [0.5, 0.6) is 0 Å². The van der Waals surface area contributed by atoms with Gasteiger partial charge in [0, 0.05) is 35.2 Å². The number of aryl methyl sites for hydroxylation is 2. The van der Waals surface area contributed by atoms with Crippen LogP contribution in [0.1, 0.15) is 16.7 Å². The van der Waals surface area contributed by atoms with Crippen molar-refractivity contribution in [3.05, 3.63) is 69.8 Å². The third-order valence-corrected chi connectivity index (χ3v) is 5.18. The van der Waals surface area contributed by atoms with Crippen molar-refractivity contribution in [3.8, 4) is 0 Å². The number of ketones is 1. The zero-order valence-corrected chi connectivity index (χ0v) is 16.9. The van der Waals surface area contributed by atoms with Crippen molar-refractivity contribution in [2.24, 2.45) is 0 Å². The van der Waals surface area contributed by atoms with E-state index in [0.717, 1.165) is 20.5 Å². The minimum Gasteiger partial charge on any atom is -0.383 e. The van der Waals surface area contributed by atoms with Gasteiger partial charge in [-0.25, -0.2) is 0 Å². The van der Waals surface area contributed by atoms with E-state index in [0.29, 0.717) is 5.75 Å². The molecule has 0 saturated heterocycles. The van der Waals surface area contributed by atoms with Crippen molar-refractivity contribution >= 4 is 39.0 Å². The van der Waals surface area contributed by atoms with Gasteiger partial charge in [0.25, 0.3) is 0 Å². The highest BCUT2D eigenvalue weighted by Crippen LogP contribution is 2.27.